The maximum atomic E-state index is 5.70. The van der Waals surface area contributed by atoms with Gasteiger partial charge in [-0.1, -0.05) is 18.0 Å². The Morgan fingerprint density at radius 1 is 1.27 bits per heavy atom. The minimum Gasteiger partial charge on any atom is -0.344 e. The number of nitrogens with two attached hydrogens (primary N) is 1. The van der Waals surface area contributed by atoms with Gasteiger partial charge in [0, 0.05) is 13.6 Å². The van der Waals surface area contributed by atoms with Crippen molar-refractivity contribution in [1.29, 1.82) is 0 Å². The van der Waals surface area contributed by atoms with Crippen molar-refractivity contribution >= 4 is 17.5 Å². The summed E-state index contributed by atoms with van der Waals surface area (Å²) in [5, 5.41) is 0.565. The SMILES string of the molecule is CN(CCCCCN)c1ncc(Cl)cn1. The number of hydrogen-bond donors (Lipinski definition) is 1. The quantitative estimate of drug-likeness (QED) is 0.753. The molecule has 1 heterocycles. The molecule has 0 saturated heterocycles. The van der Waals surface area contributed by atoms with E-state index < -0.39 is 0 Å². The summed E-state index contributed by atoms with van der Waals surface area (Å²) in [7, 11) is 1.98. The van der Waals surface area contributed by atoms with Crippen molar-refractivity contribution in [1.82, 2.24) is 9.97 Å². The molecule has 0 fully saturated rings. The van der Waals surface area contributed by atoms with Gasteiger partial charge in [-0.3, -0.25) is 0 Å². The normalized spacial score (nSPS) is 10.3. The highest BCUT2D eigenvalue weighted by Gasteiger charge is 2.02. The van der Waals surface area contributed by atoms with Crippen LogP contribution in [0.25, 0.3) is 0 Å². The van der Waals surface area contributed by atoms with Gasteiger partial charge in [0.2, 0.25) is 5.95 Å². The summed E-state index contributed by atoms with van der Waals surface area (Å²) in [6.07, 6.45) is 6.56. The van der Waals surface area contributed by atoms with Crippen LogP contribution in [0.4, 0.5) is 5.95 Å². The first-order chi connectivity index (χ1) is 7.24. The van der Waals surface area contributed by atoms with Crippen molar-refractivity contribution in [2.24, 2.45) is 5.73 Å². The second kappa shape index (κ2) is 6.58. The van der Waals surface area contributed by atoms with E-state index in [1.54, 1.807) is 12.4 Å². The molecule has 0 spiro atoms. The molecule has 0 aliphatic rings. The van der Waals surface area contributed by atoms with Crippen LogP contribution in [0, 0.1) is 0 Å². The Kier molecular flexibility index (Phi) is 5.36. The van der Waals surface area contributed by atoms with Crippen LogP contribution in [-0.4, -0.2) is 30.1 Å². The first-order valence-corrected chi connectivity index (χ1v) is 5.50. The number of rotatable bonds is 6. The van der Waals surface area contributed by atoms with Crippen molar-refractivity contribution in [2.45, 2.75) is 19.3 Å². The zero-order chi connectivity index (χ0) is 11.1. The molecule has 5 heteroatoms. The molecule has 4 nitrogen and oxygen atoms in total. The second-order valence-corrected chi connectivity index (χ2v) is 3.91. The maximum absolute atomic E-state index is 5.70. The molecule has 15 heavy (non-hydrogen) atoms. The fourth-order valence-electron chi connectivity index (χ4n) is 1.27. The van der Waals surface area contributed by atoms with Gasteiger partial charge in [0.25, 0.3) is 0 Å². The number of halogens is 1. The summed E-state index contributed by atoms with van der Waals surface area (Å²) in [4.78, 5) is 10.3. The topological polar surface area (TPSA) is 55.0 Å². The molecule has 0 unspecified atom stereocenters. The van der Waals surface area contributed by atoms with Crippen molar-refractivity contribution in [3.05, 3.63) is 17.4 Å². The lowest BCUT2D eigenvalue weighted by Crippen LogP contribution is -2.20. The molecule has 1 rings (SSSR count). The Bertz CT molecular complexity index is 275. The highest BCUT2D eigenvalue weighted by molar-refractivity contribution is 6.30. The predicted octanol–water partition coefficient (Wildman–Crippen LogP) is 1.70. The summed E-state index contributed by atoms with van der Waals surface area (Å²) in [6, 6.07) is 0. The Balaban J connectivity index is 2.33. The molecule has 0 aromatic carbocycles. The predicted molar refractivity (Wildman–Crippen MR) is 63.2 cm³/mol. The third kappa shape index (κ3) is 4.44. The third-order valence-corrected chi connectivity index (χ3v) is 2.34. The molecule has 0 bridgehead atoms. The van der Waals surface area contributed by atoms with E-state index in [1.807, 2.05) is 11.9 Å². The minimum atomic E-state index is 0.565. The summed E-state index contributed by atoms with van der Waals surface area (Å²) in [6.45, 7) is 1.71. The fraction of sp³-hybridized carbons (Fsp3) is 0.600. The van der Waals surface area contributed by atoms with E-state index in [-0.39, 0.29) is 0 Å². The van der Waals surface area contributed by atoms with E-state index in [0.717, 1.165) is 32.4 Å². The molecule has 1 aromatic heterocycles. The number of anilines is 1. The maximum Gasteiger partial charge on any atom is 0.225 e. The standard InChI is InChI=1S/C10H17ClN4/c1-15(6-4-2-3-5-12)10-13-7-9(11)8-14-10/h7-8H,2-6,12H2,1H3. The second-order valence-electron chi connectivity index (χ2n) is 3.47. The van der Waals surface area contributed by atoms with Crippen LogP contribution in [0.5, 0.6) is 0 Å². The third-order valence-electron chi connectivity index (χ3n) is 2.15. The summed E-state index contributed by atoms with van der Waals surface area (Å²) >= 11 is 5.70. The van der Waals surface area contributed by atoms with Crippen LogP contribution >= 0.6 is 11.6 Å². The van der Waals surface area contributed by atoms with E-state index in [4.69, 9.17) is 17.3 Å². The zero-order valence-corrected chi connectivity index (χ0v) is 9.74. The highest BCUT2D eigenvalue weighted by Crippen LogP contribution is 2.09. The minimum absolute atomic E-state index is 0.565. The Hall–Kier alpha value is -0.870. The molecular weight excluding hydrogens is 212 g/mol. The van der Waals surface area contributed by atoms with Gasteiger partial charge >= 0.3 is 0 Å². The Morgan fingerprint density at radius 3 is 2.53 bits per heavy atom. The van der Waals surface area contributed by atoms with E-state index in [9.17, 15) is 0 Å². The Morgan fingerprint density at radius 2 is 1.93 bits per heavy atom. The number of hydrogen-bond acceptors (Lipinski definition) is 4. The average molecular weight is 229 g/mol. The molecule has 0 atom stereocenters. The van der Waals surface area contributed by atoms with E-state index in [1.165, 1.54) is 0 Å². The van der Waals surface area contributed by atoms with Gasteiger partial charge < -0.3 is 10.6 Å². The first kappa shape index (κ1) is 12.2. The summed E-state index contributed by atoms with van der Waals surface area (Å²) in [5.74, 6) is 0.715. The number of unbranched alkanes of at least 4 members (excludes halogenated alkanes) is 2. The van der Waals surface area contributed by atoms with Gasteiger partial charge in [-0.25, -0.2) is 9.97 Å². The lowest BCUT2D eigenvalue weighted by atomic mass is 10.2. The van der Waals surface area contributed by atoms with E-state index >= 15 is 0 Å². The van der Waals surface area contributed by atoms with Crippen LogP contribution in [-0.2, 0) is 0 Å². The van der Waals surface area contributed by atoms with Gasteiger partial charge in [0.1, 0.15) is 0 Å². The van der Waals surface area contributed by atoms with Crippen LogP contribution in [0.1, 0.15) is 19.3 Å². The van der Waals surface area contributed by atoms with Crippen LogP contribution in [0.15, 0.2) is 12.4 Å². The number of nitrogens with zero attached hydrogens (tertiary/aromatic N) is 3. The highest BCUT2D eigenvalue weighted by atomic mass is 35.5. The molecule has 0 amide bonds. The largest absolute Gasteiger partial charge is 0.344 e. The lowest BCUT2D eigenvalue weighted by molar-refractivity contribution is 0.672. The summed E-state index contributed by atoms with van der Waals surface area (Å²) in [5.41, 5.74) is 5.42. The van der Waals surface area contributed by atoms with Crippen molar-refractivity contribution < 1.29 is 0 Å². The first-order valence-electron chi connectivity index (χ1n) is 5.13. The monoisotopic (exact) mass is 228 g/mol. The van der Waals surface area contributed by atoms with Crippen molar-refractivity contribution in [3.8, 4) is 0 Å². The van der Waals surface area contributed by atoms with Crippen molar-refractivity contribution in [2.75, 3.05) is 25.0 Å². The fourth-order valence-corrected chi connectivity index (χ4v) is 1.37. The molecule has 1 aromatic rings. The van der Waals surface area contributed by atoms with Gasteiger partial charge in [-0.05, 0) is 19.4 Å². The van der Waals surface area contributed by atoms with Gasteiger partial charge in [-0.2, -0.15) is 0 Å². The molecule has 0 aliphatic carbocycles. The average Bonchev–Trinajstić information content (AvgIpc) is 2.25. The van der Waals surface area contributed by atoms with Gasteiger partial charge in [-0.15, -0.1) is 0 Å². The van der Waals surface area contributed by atoms with Crippen LogP contribution < -0.4 is 10.6 Å². The van der Waals surface area contributed by atoms with Gasteiger partial charge in [0.15, 0.2) is 0 Å². The van der Waals surface area contributed by atoms with Crippen LogP contribution in [0.3, 0.4) is 0 Å². The molecular formula is C10H17ClN4. The van der Waals surface area contributed by atoms with Crippen molar-refractivity contribution in [3.63, 3.8) is 0 Å². The van der Waals surface area contributed by atoms with E-state index in [2.05, 4.69) is 9.97 Å². The van der Waals surface area contributed by atoms with E-state index in [0.29, 0.717) is 11.0 Å². The molecule has 84 valence electrons. The molecule has 2 N–H and O–H groups in total. The smallest absolute Gasteiger partial charge is 0.225 e. The van der Waals surface area contributed by atoms with Gasteiger partial charge in [0.05, 0.1) is 17.4 Å². The number of aromatic nitrogens is 2. The molecule has 0 radical (unpaired) electrons. The Labute approximate surface area is 95.5 Å². The zero-order valence-electron chi connectivity index (χ0n) is 8.99. The molecule has 0 aliphatic heterocycles. The lowest BCUT2D eigenvalue weighted by Gasteiger charge is -2.16. The molecule has 0 saturated carbocycles. The summed E-state index contributed by atoms with van der Waals surface area (Å²) < 4.78 is 0. The van der Waals surface area contributed by atoms with Crippen LogP contribution in [0.2, 0.25) is 5.02 Å².